The highest BCUT2D eigenvalue weighted by Crippen LogP contribution is 1.36. The molecule has 5 nitrogen and oxygen atoms in total. The zero-order valence-electron chi connectivity index (χ0n) is 3.02. The van der Waals surface area contributed by atoms with E-state index in [4.69, 9.17) is 10.9 Å². The maximum atomic E-state index is 6.26. The van der Waals surface area contributed by atoms with E-state index in [-0.39, 0.29) is 0 Å². The fourth-order valence-corrected chi connectivity index (χ4v) is 0.0645. The molecule has 0 saturated carbocycles. The summed E-state index contributed by atoms with van der Waals surface area (Å²) in [5.41, 5.74) is 10.2. The second kappa shape index (κ2) is 3.87. The van der Waals surface area contributed by atoms with Crippen LogP contribution in [0.1, 0.15) is 0 Å². The summed E-state index contributed by atoms with van der Waals surface area (Å²) in [6.07, 6.45) is 0.887. The molecule has 0 fully saturated rings. The summed E-state index contributed by atoms with van der Waals surface area (Å²) < 4.78 is 0. The predicted octanol–water partition coefficient (Wildman–Crippen LogP) is -0.366. The number of rotatable bonds is 3. The zero-order chi connectivity index (χ0) is 4.83. The second-order valence-corrected chi connectivity index (χ2v) is 0.512. The SMILES string of the molecule is N=CNNN=N. The largest absolute Gasteiger partial charge is 0.290 e. The van der Waals surface area contributed by atoms with Crippen molar-refractivity contribution in [3.63, 3.8) is 0 Å². The molecule has 0 aliphatic rings. The lowest BCUT2D eigenvalue weighted by molar-refractivity contribution is 0.642. The van der Waals surface area contributed by atoms with Crippen molar-refractivity contribution in [2.75, 3.05) is 0 Å². The molecule has 0 aromatic carbocycles. The van der Waals surface area contributed by atoms with Crippen molar-refractivity contribution in [2.24, 2.45) is 5.22 Å². The van der Waals surface area contributed by atoms with Crippen molar-refractivity contribution in [3.05, 3.63) is 0 Å². The van der Waals surface area contributed by atoms with E-state index < -0.39 is 0 Å². The first-order valence-electron chi connectivity index (χ1n) is 1.27. The molecular formula is CH5N5. The molecule has 0 unspecified atom stereocenters. The molecule has 0 amide bonds. The van der Waals surface area contributed by atoms with E-state index in [1.165, 1.54) is 0 Å². The third-order valence-corrected chi connectivity index (χ3v) is 0.193. The quantitative estimate of drug-likeness (QED) is 0.124. The van der Waals surface area contributed by atoms with Crippen molar-refractivity contribution >= 4 is 6.34 Å². The van der Waals surface area contributed by atoms with Crippen LogP contribution in [-0.2, 0) is 0 Å². The minimum Gasteiger partial charge on any atom is -0.290 e. The van der Waals surface area contributed by atoms with Crippen LogP contribution in [0, 0.1) is 10.9 Å². The van der Waals surface area contributed by atoms with Crippen molar-refractivity contribution in [1.29, 1.82) is 10.9 Å². The summed E-state index contributed by atoms with van der Waals surface area (Å²) in [5, 5.41) is 8.93. The van der Waals surface area contributed by atoms with Gasteiger partial charge in [-0.05, 0) is 0 Å². The van der Waals surface area contributed by atoms with E-state index in [2.05, 4.69) is 10.6 Å². The van der Waals surface area contributed by atoms with Gasteiger partial charge in [-0.25, -0.2) is 5.53 Å². The van der Waals surface area contributed by atoms with Gasteiger partial charge in [0.2, 0.25) is 0 Å². The number of nitrogens with one attached hydrogen (secondary N) is 4. The predicted molar refractivity (Wildman–Crippen MR) is 20.2 cm³/mol. The van der Waals surface area contributed by atoms with Crippen molar-refractivity contribution in [2.45, 2.75) is 0 Å². The van der Waals surface area contributed by atoms with Crippen LogP contribution in [0.5, 0.6) is 0 Å². The molecular weight excluding hydrogens is 82.0 g/mol. The fraction of sp³-hybridized carbons (Fsp3) is 0. The zero-order valence-corrected chi connectivity index (χ0v) is 3.02. The highest BCUT2D eigenvalue weighted by molar-refractivity contribution is 5.48. The van der Waals surface area contributed by atoms with Gasteiger partial charge in [0.15, 0.2) is 0 Å². The molecule has 0 radical (unpaired) electrons. The van der Waals surface area contributed by atoms with Crippen LogP contribution in [0.3, 0.4) is 0 Å². The molecule has 0 saturated heterocycles. The van der Waals surface area contributed by atoms with Gasteiger partial charge in [0.25, 0.3) is 0 Å². The van der Waals surface area contributed by atoms with E-state index >= 15 is 0 Å². The summed E-state index contributed by atoms with van der Waals surface area (Å²) in [5.74, 6) is 0. The topological polar surface area (TPSA) is 84.1 Å². The van der Waals surface area contributed by atoms with E-state index in [0.29, 0.717) is 0 Å². The maximum absolute atomic E-state index is 6.26. The Labute approximate surface area is 34.7 Å². The normalized spacial score (nSPS) is 6.00. The summed E-state index contributed by atoms with van der Waals surface area (Å²) in [4.78, 5) is 0. The summed E-state index contributed by atoms with van der Waals surface area (Å²) in [6, 6.07) is 0. The van der Waals surface area contributed by atoms with Crippen molar-refractivity contribution in [1.82, 2.24) is 11.0 Å². The average molecular weight is 87.1 g/mol. The van der Waals surface area contributed by atoms with Gasteiger partial charge in [-0.1, -0.05) is 5.22 Å². The lowest BCUT2D eigenvalue weighted by Gasteiger charge is -1.87. The Kier molecular flexibility index (Phi) is 3.14. The molecule has 0 bridgehead atoms. The highest BCUT2D eigenvalue weighted by Gasteiger charge is 1.56. The maximum Gasteiger partial charge on any atom is 0.0992 e. The van der Waals surface area contributed by atoms with E-state index in [0.717, 1.165) is 6.34 Å². The number of hydrogen-bond donors (Lipinski definition) is 4. The van der Waals surface area contributed by atoms with E-state index in [9.17, 15) is 0 Å². The van der Waals surface area contributed by atoms with Gasteiger partial charge >= 0.3 is 0 Å². The van der Waals surface area contributed by atoms with Crippen LogP contribution in [0.4, 0.5) is 0 Å². The van der Waals surface area contributed by atoms with Gasteiger partial charge < -0.3 is 0 Å². The van der Waals surface area contributed by atoms with Gasteiger partial charge in [-0.2, -0.15) is 5.53 Å². The molecule has 0 spiro atoms. The highest BCUT2D eigenvalue weighted by atomic mass is 15.6. The lowest BCUT2D eigenvalue weighted by atomic mass is 11.4. The van der Waals surface area contributed by atoms with Gasteiger partial charge in [-0.15, -0.1) is 0 Å². The Morgan fingerprint density at radius 2 is 2.33 bits per heavy atom. The Bertz CT molecular complexity index is 39.9. The number of hydrazine groups is 1. The summed E-state index contributed by atoms with van der Waals surface area (Å²) >= 11 is 0. The van der Waals surface area contributed by atoms with Crippen LogP contribution in [-0.4, -0.2) is 6.34 Å². The first-order chi connectivity index (χ1) is 2.91. The molecule has 0 aromatic heterocycles. The van der Waals surface area contributed by atoms with Crippen LogP contribution >= 0.6 is 0 Å². The summed E-state index contributed by atoms with van der Waals surface area (Å²) in [7, 11) is 0. The minimum atomic E-state index is 0.887. The Morgan fingerprint density at radius 1 is 1.67 bits per heavy atom. The van der Waals surface area contributed by atoms with E-state index in [1.54, 1.807) is 0 Å². The van der Waals surface area contributed by atoms with Crippen LogP contribution in [0.2, 0.25) is 0 Å². The van der Waals surface area contributed by atoms with Crippen molar-refractivity contribution in [3.8, 4) is 0 Å². The average Bonchev–Trinajstić information content (AvgIpc) is 1.61. The lowest BCUT2D eigenvalue weighted by Crippen LogP contribution is -2.23. The van der Waals surface area contributed by atoms with Crippen LogP contribution < -0.4 is 11.0 Å². The Morgan fingerprint density at radius 3 is 2.50 bits per heavy atom. The first kappa shape index (κ1) is 4.87. The standard InChI is InChI=1S/CH5N5/c2-1-4-6-5-3/h1H,(H2,3,6)(H2,2,4,5). The molecule has 0 aliphatic heterocycles. The Balaban J connectivity index is 2.66. The van der Waals surface area contributed by atoms with Crippen LogP contribution in [0.15, 0.2) is 5.22 Å². The first-order valence-corrected chi connectivity index (χ1v) is 1.27. The Hall–Kier alpha value is -1.13. The van der Waals surface area contributed by atoms with Gasteiger partial charge in [0.05, 0.1) is 6.34 Å². The molecule has 0 heterocycles. The van der Waals surface area contributed by atoms with E-state index in [1.807, 2.05) is 5.53 Å². The third kappa shape index (κ3) is 2.87. The minimum absolute atomic E-state index is 0.887. The number of nitrogens with zero attached hydrogens (tertiary/aromatic N) is 1. The molecule has 0 rings (SSSR count). The molecule has 4 N–H and O–H groups in total. The monoisotopic (exact) mass is 87.1 g/mol. The van der Waals surface area contributed by atoms with Gasteiger partial charge in [0, 0.05) is 0 Å². The molecule has 6 heavy (non-hydrogen) atoms. The van der Waals surface area contributed by atoms with Gasteiger partial charge in [-0.3, -0.25) is 10.8 Å². The van der Waals surface area contributed by atoms with Crippen molar-refractivity contribution < 1.29 is 0 Å². The molecule has 0 aliphatic carbocycles. The fourth-order valence-electron chi connectivity index (χ4n) is 0.0645. The third-order valence-electron chi connectivity index (χ3n) is 0.193. The molecule has 34 valence electrons. The molecule has 0 aromatic rings. The smallest absolute Gasteiger partial charge is 0.0992 e. The van der Waals surface area contributed by atoms with Crippen LogP contribution in [0.25, 0.3) is 0 Å². The summed E-state index contributed by atoms with van der Waals surface area (Å²) in [6.45, 7) is 0. The number of hydrogen-bond acceptors (Lipinski definition) is 3. The van der Waals surface area contributed by atoms with Gasteiger partial charge in [0.1, 0.15) is 0 Å². The molecule has 5 heteroatoms. The second-order valence-electron chi connectivity index (χ2n) is 0.512. The molecule has 0 atom stereocenters.